The number of H-pyrrole nitrogens is 1. The molecule has 0 saturated carbocycles. The maximum absolute atomic E-state index is 13.6. The van der Waals surface area contributed by atoms with E-state index in [0.29, 0.717) is 12.1 Å². The largest absolute Gasteiger partial charge is 0.376 e. The van der Waals surface area contributed by atoms with Gasteiger partial charge in [0.15, 0.2) is 5.78 Å². The van der Waals surface area contributed by atoms with Gasteiger partial charge in [0.05, 0.1) is 17.6 Å². The van der Waals surface area contributed by atoms with E-state index in [1.54, 1.807) is 24.5 Å². The van der Waals surface area contributed by atoms with Crippen LogP contribution in [0.1, 0.15) is 19.3 Å². The van der Waals surface area contributed by atoms with Gasteiger partial charge in [-0.05, 0) is 37.0 Å². The fourth-order valence-electron chi connectivity index (χ4n) is 3.73. The van der Waals surface area contributed by atoms with E-state index in [1.807, 2.05) is 12.3 Å². The lowest BCUT2D eigenvalue weighted by atomic mass is 9.92. The maximum atomic E-state index is 13.6. The molecule has 1 aliphatic heterocycles. The minimum Gasteiger partial charge on any atom is -0.376 e. The van der Waals surface area contributed by atoms with Crippen molar-refractivity contribution >= 4 is 28.3 Å². The van der Waals surface area contributed by atoms with Crippen LogP contribution in [0.5, 0.6) is 0 Å². The SMILES string of the molecule is O=C(CNc1ccccc1F)CC1CCCN(c2ncnc3[nH]ccc23)C1. The number of ketones is 1. The number of nitrogens with zero attached hydrogens (tertiary/aromatic N) is 3. The van der Waals surface area contributed by atoms with Crippen molar-refractivity contribution in [2.24, 2.45) is 5.92 Å². The van der Waals surface area contributed by atoms with Crippen LogP contribution < -0.4 is 10.2 Å². The predicted molar refractivity (Wildman–Crippen MR) is 103 cm³/mol. The Morgan fingerprint density at radius 2 is 2.19 bits per heavy atom. The highest BCUT2D eigenvalue weighted by molar-refractivity contribution is 5.87. The first-order chi connectivity index (χ1) is 13.2. The van der Waals surface area contributed by atoms with Crippen molar-refractivity contribution in [3.63, 3.8) is 0 Å². The number of anilines is 2. The number of para-hydroxylation sites is 1. The van der Waals surface area contributed by atoms with Crippen LogP contribution in [0, 0.1) is 11.7 Å². The lowest BCUT2D eigenvalue weighted by molar-refractivity contribution is -0.118. The third-order valence-electron chi connectivity index (χ3n) is 5.02. The number of Topliss-reactive ketones (excluding diaryl/α,β-unsaturated/α-hetero) is 1. The first kappa shape index (κ1) is 17.5. The van der Waals surface area contributed by atoms with E-state index in [-0.39, 0.29) is 24.1 Å². The number of rotatable bonds is 6. The average molecular weight is 367 g/mol. The molecule has 1 saturated heterocycles. The van der Waals surface area contributed by atoms with Crippen LogP contribution in [0.15, 0.2) is 42.9 Å². The van der Waals surface area contributed by atoms with Crippen LogP contribution in [-0.2, 0) is 4.79 Å². The average Bonchev–Trinajstić information content (AvgIpc) is 3.16. The van der Waals surface area contributed by atoms with Gasteiger partial charge < -0.3 is 15.2 Å². The monoisotopic (exact) mass is 367 g/mol. The van der Waals surface area contributed by atoms with Crippen LogP contribution >= 0.6 is 0 Å². The molecule has 1 fully saturated rings. The van der Waals surface area contributed by atoms with Gasteiger partial charge in [0.2, 0.25) is 0 Å². The van der Waals surface area contributed by atoms with Gasteiger partial charge in [0, 0.05) is 25.7 Å². The molecule has 1 atom stereocenters. The van der Waals surface area contributed by atoms with Crippen molar-refractivity contribution in [2.75, 3.05) is 29.9 Å². The van der Waals surface area contributed by atoms with Gasteiger partial charge in [-0.1, -0.05) is 12.1 Å². The molecule has 0 aliphatic carbocycles. The summed E-state index contributed by atoms with van der Waals surface area (Å²) in [7, 11) is 0. The van der Waals surface area contributed by atoms with Crippen LogP contribution in [0.3, 0.4) is 0 Å². The topological polar surface area (TPSA) is 73.9 Å². The summed E-state index contributed by atoms with van der Waals surface area (Å²) in [6, 6.07) is 8.39. The zero-order chi connectivity index (χ0) is 18.6. The van der Waals surface area contributed by atoms with E-state index >= 15 is 0 Å². The number of hydrogen-bond acceptors (Lipinski definition) is 5. The molecule has 6 nitrogen and oxygen atoms in total. The summed E-state index contributed by atoms with van der Waals surface area (Å²) in [5.41, 5.74) is 1.19. The summed E-state index contributed by atoms with van der Waals surface area (Å²) >= 11 is 0. The number of carbonyl (C=O) groups excluding carboxylic acids is 1. The van der Waals surface area contributed by atoms with E-state index in [9.17, 15) is 9.18 Å². The van der Waals surface area contributed by atoms with Crippen molar-refractivity contribution in [2.45, 2.75) is 19.3 Å². The van der Waals surface area contributed by atoms with Gasteiger partial charge in [-0.25, -0.2) is 14.4 Å². The Labute approximate surface area is 156 Å². The number of halogens is 1. The third-order valence-corrected chi connectivity index (χ3v) is 5.02. The Morgan fingerprint density at radius 1 is 1.30 bits per heavy atom. The maximum Gasteiger partial charge on any atom is 0.152 e. The van der Waals surface area contributed by atoms with Crippen LogP contribution in [0.2, 0.25) is 0 Å². The second-order valence-corrected chi connectivity index (χ2v) is 6.97. The first-order valence-electron chi connectivity index (χ1n) is 9.24. The smallest absolute Gasteiger partial charge is 0.152 e. The van der Waals surface area contributed by atoms with Crippen LogP contribution in [0.4, 0.5) is 15.9 Å². The molecule has 0 bridgehead atoms. The van der Waals surface area contributed by atoms with Gasteiger partial charge in [-0.2, -0.15) is 0 Å². The highest BCUT2D eigenvalue weighted by Crippen LogP contribution is 2.28. The molecule has 0 spiro atoms. The highest BCUT2D eigenvalue weighted by Gasteiger charge is 2.24. The molecular formula is C20H22FN5O. The third kappa shape index (κ3) is 3.92. The lowest BCUT2D eigenvalue weighted by Crippen LogP contribution is -2.37. The molecule has 0 radical (unpaired) electrons. The molecule has 27 heavy (non-hydrogen) atoms. The van der Waals surface area contributed by atoms with Gasteiger partial charge >= 0.3 is 0 Å². The number of piperidine rings is 1. The fraction of sp³-hybridized carbons (Fsp3) is 0.350. The van der Waals surface area contributed by atoms with Gasteiger partial charge in [-0.3, -0.25) is 4.79 Å². The van der Waals surface area contributed by atoms with Gasteiger partial charge in [-0.15, -0.1) is 0 Å². The number of carbonyl (C=O) groups is 1. The molecule has 4 rings (SSSR count). The summed E-state index contributed by atoms with van der Waals surface area (Å²) in [5, 5.41) is 3.91. The number of aromatic amines is 1. The van der Waals surface area contributed by atoms with Crippen molar-refractivity contribution in [3.8, 4) is 0 Å². The number of benzene rings is 1. The Morgan fingerprint density at radius 3 is 3.07 bits per heavy atom. The van der Waals surface area contributed by atoms with Gasteiger partial charge in [0.25, 0.3) is 0 Å². The Balaban J connectivity index is 1.36. The van der Waals surface area contributed by atoms with E-state index in [1.165, 1.54) is 6.07 Å². The molecule has 3 heterocycles. The minimum atomic E-state index is -0.339. The number of hydrogen-bond donors (Lipinski definition) is 2. The zero-order valence-electron chi connectivity index (χ0n) is 15.0. The summed E-state index contributed by atoms with van der Waals surface area (Å²) in [4.78, 5) is 26.4. The molecule has 1 aromatic carbocycles. The zero-order valence-corrected chi connectivity index (χ0v) is 15.0. The molecule has 0 amide bonds. The van der Waals surface area contributed by atoms with Crippen molar-refractivity contribution in [3.05, 3.63) is 48.7 Å². The van der Waals surface area contributed by atoms with E-state index < -0.39 is 0 Å². The molecule has 1 aliphatic rings. The van der Waals surface area contributed by atoms with E-state index in [4.69, 9.17) is 0 Å². The Hall–Kier alpha value is -2.96. The van der Waals surface area contributed by atoms with Crippen molar-refractivity contribution in [1.82, 2.24) is 15.0 Å². The molecule has 7 heteroatoms. The molecule has 3 aromatic rings. The molecule has 2 N–H and O–H groups in total. The Bertz CT molecular complexity index is 941. The number of nitrogens with one attached hydrogen (secondary N) is 2. The van der Waals surface area contributed by atoms with Gasteiger partial charge in [0.1, 0.15) is 23.6 Å². The normalized spacial score (nSPS) is 17.2. The summed E-state index contributed by atoms with van der Waals surface area (Å²) < 4.78 is 13.6. The van der Waals surface area contributed by atoms with Crippen molar-refractivity contribution < 1.29 is 9.18 Å². The predicted octanol–water partition coefficient (Wildman–Crippen LogP) is 3.38. The summed E-state index contributed by atoms with van der Waals surface area (Å²) in [6.07, 6.45) is 5.96. The van der Waals surface area contributed by atoms with E-state index in [0.717, 1.165) is 42.8 Å². The second-order valence-electron chi connectivity index (χ2n) is 6.97. The van der Waals surface area contributed by atoms with Crippen LogP contribution in [0.25, 0.3) is 11.0 Å². The molecular weight excluding hydrogens is 345 g/mol. The van der Waals surface area contributed by atoms with E-state index in [2.05, 4.69) is 25.2 Å². The number of fused-ring (bicyclic) bond motifs is 1. The van der Waals surface area contributed by atoms with Crippen molar-refractivity contribution in [1.29, 1.82) is 0 Å². The van der Waals surface area contributed by atoms with Crippen LogP contribution in [-0.4, -0.2) is 40.4 Å². The minimum absolute atomic E-state index is 0.0968. The fourth-order valence-corrected chi connectivity index (χ4v) is 3.73. The number of aromatic nitrogens is 3. The summed E-state index contributed by atoms with van der Waals surface area (Å²) in [5.74, 6) is 0.952. The molecule has 2 aromatic heterocycles. The quantitative estimate of drug-likeness (QED) is 0.699. The Kier molecular flexibility index (Phi) is 5.00. The summed E-state index contributed by atoms with van der Waals surface area (Å²) in [6.45, 7) is 1.87. The standard InChI is InChI=1S/C20H22FN5O/c21-17-5-1-2-6-18(17)23-11-15(27)10-14-4-3-9-26(12-14)20-16-7-8-22-19(16)24-13-25-20/h1-2,5-8,13-14,23H,3-4,9-12H2,(H,22,24,25). The molecule has 1 unspecified atom stereocenters. The first-order valence-corrected chi connectivity index (χ1v) is 9.24. The lowest BCUT2D eigenvalue weighted by Gasteiger charge is -2.33. The second kappa shape index (κ2) is 7.73. The molecule has 140 valence electrons. The highest BCUT2D eigenvalue weighted by atomic mass is 19.1.